The van der Waals surface area contributed by atoms with Crippen molar-refractivity contribution in [2.45, 2.75) is 6.42 Å². The Hall–Kier alpha value is 0.270. The molecule has 0 aromatic rings. The van der Waals surface area contributed by atoms with E-state index in [2.05, 4.69) is 0 Å². The van der Waals surface area contributed by atoms with E-state index in [0.29, 0.717) is 5.41 Å². The van der Waals surface area contributed by atoms with Crippen molar-refractivity contribution in [1.29, 1.82) is 0 Å². The Morgan fingerprint density at radius 1 is 1.09 bits per heavy atom. The van der Waals surface area contributed by atoms with E-state index in [1.807, 2.05) is 11.8 Å². The van der Waals surface area contributed by atoms with Crippen LogP contribution in [0.1, 0.15) is 6.42 Å². The van der Waals surface area contributed by atoms with E-state index >= 15 is 0 Å². The van der Waals surface area contributed by atoms with Crippen LogP contribution in [0, 0.1) is 5.41 Å². The second-order valence-corrected chi connectivity index (χ2v) is 4.51. The second-order valence-electron chi connectivity index (χ2n) is 3.41. The Morgan fingerprint density at radius 2 is 1.82 bits per heavy atom. The normalized spacial score (nSPS) is 30.5. The maximum absolute atomic E-state index is 5.49. The number of ether oxygens (including phenoxy) is 2. The van der Waals surface area contributed by atoms with Gasteiger partial charge in [-0.2, -0.15) is 11.8 Å². The van der Waals surface area contributed by atoms with Crippen molar-refractivity contribution in [3.8, 4) is 0 Å². The van der Waals surface area contributed by atoms with Crippen LogP contribution in [0.4, 0.5) is 0 Å². The Kier molecular flexibility index (Phi) is 2.39. The zero-order chi connectivity index (χ0) is 7.57. The van der Waals surface area contributed by atoms with Gasteiger partial charge in [0, 0.05) is 11.2 Å². The quantitative estimate of drug-likeness (QED) is 0.549. The fraction of sp³-hybridized carbons (Fsp3) is 1.00. The molecule has 2 aliphatic heterocycles. The predicted molar refractivity (Wildman–Crippen MR) is 46.0 cm³/mol. The van der Waals surface area contributed by atoms with Crippen LogP contribution >= 0.6 is 11.8 Å². The molecule has 0 atom stereocenters. The molecule has 0 N–H and O–H groups in total. The first-order chi connectivity index (χ1) is 5.41. The topological polar surface area (TPSA) is 18.5 Å². The molecule has 64 valence electrons. The van der Waals surface area contributed by atoms with Crippen molar-refractivity contribution < 1.29 is 9.47 Å². The Balaban J connectivity index is 1.97. The summed E-state index contributed by atoms with van der Waals surface area (Å²) in [4.78, 5) is 0. The maximum atomic E-state index is 5.49. The van der Waals surface area contributed by atoms with Gasteiger partial charge < -0.3 is 9.47 Å². The molecule has 0 amide bonds. The largest absolute Gasteiger partial charge is 0.378 e. The van der Waals surface area contributed by atoms with Crippen LogP contribution in [0.5, 0.6) is 0 Å². The molecule has 0 bridgehead atoms. The first-order valence-electron chi connectivity index (χ1n) is 4.15. The first kappa shape index (κ1) is 7.90. The van der Waals surface area contributed by atoms with Gasteiger partial charge in [0.05, 0.1) is 26.4 Å². The average Bonchev–Trinajstić information content (AvgIpc) is 2.32. The Morgan fingerprint density at radius 3 is 2.36 bits per heavy atom. The van der Waals surface area contributed by atoms with Gasteiger partial charge in [-0.15, -0.1) is 0 Å². The summed E-state index contributed by atoms with van der Waals surface area (Å²) in [6.07, 6.45) is 1.28. The van der Waals surface area contributed by atoms with Crippen LogP contribution in [-0.4, -0.2) is 37.9 Å². The zero-order valence-electron chi connectivity index (χ0n) is 6.67. The highest BCUT2D eigenvalue weighted by atomic mass is 32.2. The first-order valence-corrected chi connectivity index (χ1v) is 5.30. The number of hydrogen-bond acceptors (Lipinski definition) is 3. The Bertz CT molecular complexity index is 122. The molecule has 0 aromatic heterocycles. The highest BCUT2D eigenvalue weighted by Crippen LogP contribution is 2.37. The molecule has 2 saturated heterocycles. The molecular weight excluding hydrogens is 160 g/mol. The minimum Gasteiger partial charge on any atom is -0.378 e. The zero-order valence-corrected chi connectivity index (χ0v) is 7.49. The summed E-state index contributed by atoms with van der Waals surface area (Å²) < 4.78 is 11.0. The molecule has 2 rings (SSSR count). The summed E-state index contributed by atoms with van der Waals surface area (Å²) >= 11 is 2.03. The van der Waals surface area contributed by atoms with E-state index in [9.17, 15) is 0 Å². The fourth-order valence-electron chi connectivity index (χ4n) is 1.61. The van der Waals surface area contributed by atoms with E-state index in [4.69, 9.17) is 9.47 Å². The highest BCUT2D eigenvalue weighted by Gasteiger charge is 2.36. The molecule has 0 aliphatic carbocycles. The van der Waals surface area contributed by atoms with Gasteiger partial charge in [0.25, 0.3) is 0 Å². The molecule has 2 fully saturated rings. The standard InChI is InChI=1S/C8H14O2S/c1-4-11-7-8(1)5-9-2-3-10-6-8/h1-7H2. The number of rotatable bonds is 0. The smallest absolute Gasteiger partial charge is 0.0700 e. The summed E-state index contributed by atoms with van der Waals surface area (Å²) in [7, 11) is 0. The van der Waals surface area contributed by atoms with Gasteiger partial charge >= 0.3 is 0 Å². The molecule has 2 heterocycles. The van der Waals surface area contributed by atoms with E-state index in [-0.39, 0.29) is 0 Å². The number of thioether (sulfide) groups is 1. The van der Waals surface area contributed by atoms with Crippen LogP contribution in [-0.2, 0) is 9.47 Å². The van der Waals surface area contributed by atoms with E-state index in [0.717, 1.165) is 26.4 Å². The Labute approximate surface area is 71.6 Å². The van der Waals surface area contributed by atoms with Crippen molar-refractivity contribution in [3.63, 3.8) is 0 Å². The number of hydrogen-bond donors (Lipinski definition) is 0. The third kappa shape index (κ3) is 1.71. The third-order valence-corrected chi connectivity index (χ3v) is 3.68. The summed E-state index contributed by atoms with van der Waals surface area (Å²) in [5.74, 6) is 2.51. The van der Waals surface area contributed by atoms with Gasteiger partial charge in [-0.05, 0) is 12.2 Å². The molecular formula is C8H14O2S. The van der Waals surface area contributed by atoms with Crippen molar-refractivity contribution in [1.82, 2.24) is 0 Å². The molecule has 0 unspecified atom stereocenters. The predicted octanol–water partition coefficient (Wildman–Crippen LogP) is 1.16. The van der Waals surface area contributed by atoms with Crippen molar-refractivity contribution in [3.05, 3.63) is 0 Å². The minimum absolute atomic E-state index is 0.376. The summed E-state index contributed by atoms with van der Waals surface area (Å²) in [6.45, 7) is 3.40. The lowest BCUT2D eigenvalue weighted by Crippen LogP contribution is -2.29. The molecule has 2 aliphatic rings. The fourth-order valence-corrected chi connectivity index (χ4v) is 3.08. The van der Waals surface area contributed by atoms with E-state index in [1.165, 1.54) is 17.9 Å². The third-order valence-electron chi connectivity index (χ3n) is 2.37. The SMILES string of the molecule is C1COCC2(CCSC2)CO1. The van der Waals surface area contributed by atoms with E-state index in [1.54, 1.807) is 0 Å². The minimum atomic E-state index is 0.376. The van der Waals surface area contributed by atoms with Gasteiger partial charge in [0.1, 0.15) is 0 Å². The molecule has 0 saturated carbocycles. The van der Waals surface area contributed by atoms with Gasteiger partial charge in [-0.1, -0.05) is 0 Å². The van der Waals surface area contributed by atoms with Gasteiger partial charge in [-0.3, -0.25) is 0 Å². The lowest BCUT2D eigenvalue weighted by atomic mass is 9.90. The molecule has 0 radical (unpaired) electrons. The van der Waals surface area contributed by atoms with Crippen LogP contribution in [0.25, 0.3) is 0 Å². The van der Waals surface area contributed by atoms with Crippen molar-refractivity contribution in [2.75, 3.05) is 37.9 Å². The van der Waals surface area contributed by atoms with E-state index < -0.39 is 0 Å². The van der Waals surface area contributed by atoms with Gasteiger partial charge in [-0.25, -0.2) is 0 Å². The molecule has 0 aromatic carbocycles. The van der Waals surface area contributed by atoms with Gasteiger partial charge in [0.15, 0.2) is 0 Å². The lowest BCUT2D eigenvalue weighted by Gasteiger charge is -2.24. The lowest BCUT2D eigenvalue weighted by molar-refractivity contribution is 0.0719. The van der Waals surface area contributed by atoms with Gasteiger partial charge in [0.2, 0.25) is 0 Å². The highest BCUT2D eigenvalue weighted by molar-refractivity contribution is 7.99. The average molecular weight is 174 g/mol. The second kappa shape index (κ2) is 3.33. The summed E-state index contributed by atoms with van der Waals surface area (Å²) in [5.41, 5.74) is 0.376. The molecule has 1 spiro atoms. The molecule has 2 nitrogen and oxygen atoms in total. The molecule has 3 heteroatoms. The monoisotopic (exact) mass is 174 g/mol. The van der Waals surface area contributed by atoms with Crippen molar-refractivity contribution >= 4 is 11.8 Å². The summed E-state index contributed by atoms with van der Waals surface area (Å²) in [6, 6.07) is 0. The molecule has 11 heavy (non-hydrogen) atoms. The van der Waals surface area contributed by atoms with Crippen LogP contribution in [0.3, 0.4) is 0 Å². The van der Waals surface area contributed by atoms with Crippen molar-refractivity contribution in [2.24, 2.45) is 5.41 Å². The van der Waals surface area contributed by atoms with Crippen LogP contribution in [0.15, 0.2) is 0 Å². The summed E-state index contributed by atoms with van der Waals surface area (Å²) in [5, 5.41) is 0. The van der Waals surface area contributed by atoms with Crippen LogP contribution in [0.2, 0.25) is 0 Å². The van der Waals surface area contributed by atoms with Crippen LogP contribution < -0.4 is 0 Å². The maximum Gasteiger partial charge on any atom is 0.0700 e.